The second-order valence-electron chi connectivity index (χ2n) is 6.09. The van der Waals surface area contributed by atoms with Crippen LogP contribution in [0.3, 0.4) is 0 Å². The van der Waals surface area contributed by atoms with E-state index in [4.69, 9.17) is 4.74 Å². The highest BCUT2D eigenvalue weighted by molar-refractivity contribution is 7.90. The Bertz CT molecular complexity index is 827. The number of alkyl carbamates (subject to hydrolysis) is 1. The summed E-state index contributed by atoms with van der Waals surface area (Å²) in [5.41, 5.74) is 0. The number of carbonyl (C=O) groups is 1. The summed E-state index contributed by atoms with van der Waals surface area (Å²) in [6.45, 7) is 2.18. The molecule has 0 aliphatic carbocycles. The van der Waals surface area contributed by atoms with Gasteiger partial charge in [-0.25, -0.2) is 26.4 Å². The van der Waals surface area contributed by atoms with Crippen LogP contribution in [0.15, 0.2) is 35.2 Å². The highest BCUT2D eigenvalue weighted by Crippen LogP contribution is 2.15. The van der Waals surface area contributed by atoms with E-state index >= 15 is 0 Å². The van der Waals surface area contributed by atoms with Crippen LogP contribution in [0, 0.1) is 0 Å². The second kappa shape index (κ2) is 9.49. The number of nitrogens with one attached hydrogen (secondary N) is 2. The fourth-order valence-electron chi connectivity index (χ4n) is 2.77. The number of sulfonamides is 2. The van der Waals surface area contributed by atoms with Gasteiger partial charge in [-0.15, -0.1) is 0 Å². The van der Waals surface area contributed by atoms with Crippen molar-refractivity contribution in [2.75, 3.05) is 32.0 Å². The summed E-state index contributed by atoms with van der Waals surface area (Å²) in [5, 5.41) is 2.64. The average Bonchev–Trinajstić information content (AvgIpc) is 2.62. The van der Waals surface area contributed by atoms with Crippen molar-refractivity contribution < 1.29 is 26.4 Å². The molecule has 2 N–H and O–H groups in total. The Morgan fingerprint density at radius 3 is 2.59 bits per heavy atom. The van der Waals surface area contributed by atoms with E-state index < -0.39 is 26.1 Å². The standard InChI is InChI=1S/C16H25N3O6S2/c1-2-25-16(20)18-14-7-6-11-19(13-14)26(21,22)12-10-17-27(23,24)15-8-4-3-5-9-15/h3-5,8-9,14,17H,2,6-7,10-13H2,1H3,(H,18,20)/t14-/m1/s1. The molecule has 27 heavy (non-hydrogen) atoms. The van der Waals surface area contributed by atoms with Gasteiger partial charge in [0.15, 0.2) is 0 Å². The summed E-state index contributed by atoms with van der Waals surface area (Å²) in [6, 6.07) is 7.43. The minimum absolute atomic E-state index is 0.0825. The normalized spacial score (nSPS) is 18.8. The third-order valence-electron chi connectivity index (χ3n) is 4.08. The molecule has 1 atom stereocenters. The van der Waals surface area contributed by atoms with E-state index in [1.165, 1.54) is 16.4 Å². The predicted molar refractivity (Wildman–Crippen MR) is 100 cm³/mol. The van der Waals surface area contributed by atoms with Gasteiger partial charge in [0.25, 0.3) is 0 Å². The van der Waals surface area contributed by atoms with Crippen LogP contribution in [0.25, 0.3) is 0 Å². The van der Waals surface area contributed by atoms with Crippen LogP contribution in [-0.4, -0.2) is 65.3 Å². The van der Waals surface area contributed by atoms with Gasteiger partial charge in [-0.2, -0.15) is 4.31 Å². The molecule has 1 aromatic carbocycles. The van der Waals surface area contributed by atoms with Crippen LogP contribution in [0.5, 0.6) is 0 Å². The Morgan fingerprint density at radius 1 is 1.22 bits per heavy atom. The quantitative estimate of drug-likeness (QED) is 0.633. The van der Waals surface area contributed by atoms with E-state index in [9.17, 15) is 21.6 Å². The molecule has 0 aromatic heterocycles. The third kappa shape index (κ3) is 6.45. The van der Waals surface area contributed by atoms with Crippen molar-refractivity contribution in [3.63, 3.8) is 0 Å². The Balaban J connectivity index is 1.89. The molecular formula is C16H25N3O6S2. The summed E-state index contributed by atoms with van der Waals surface area (Å²) >= 11 is 0. The van der Waals surface area contributed by atoms with Gasteiger partial charge in [0.05, 0.1) is 17.3 Å². The zero-order chi connectivity index (χ0) is 19.9. The lowest BCUT2D eigenvalue weighted by atomic mass is 10.1. The van der Waals surface area contributed by atoms with Gasteiger partial charge < -0.3 is 10.1 Å². The minimum atomic E-state index is -3.75. The number of ether oxygens (including phenoxy) is 1. The number of rotatable bonds is 8. The van der Waals surface area contributed by atoms with Crippen molar-refractivity contribution in [2.24, 2.45) is 0 Å². The van der Waals surface area contributed by atoms with E-state index in [2.05, 4.69) is 10.0 Å². The van der Waals surface area contributed by atoms with Gasteiger partial charge in [-0.1, -0.05) is 18.2 Å². The smallest absolute Gasteiger partial charge is 0.407 e. The summed E-state index contributed by atoms with van der Waals surface area (Å²) in [6.07, 6.45) is 0.690. The fourth-order valence-corrected chi connectivity index (χ4v) is 5.38. The fraction of sp³-hybridized carbons (Fsp3) is 0.562. The number of hydrogen-bond acceptors (Lipinski definition) is 6. The van der Waals surface area contributed by atoms with Gasteiger partial charge >= 0.3 is 6.09 Å². The summed E-state index contributed by atoms with van der Waals surface area (Å²) in [7, 11) is -7.41. The van der Waals surface area contributed by atoms with E-state index in [-0.39, 0.29) is 36.4 Å². The van der Waals surface area contributed by atoms with Gasteiger partial charge in [-0.05, 0) is 31.9 Å². The highest BCUT2D eigenvalue weighted by Gasteiger charge is 2.30. The maximum Gasteiger partial charge on any atom is 0.407 e. The summed E-state index contributed by atoms with van der Waals surface area (Å²) in [4.78, 5) is 11.6. The number of amides is 1. The van der Waals surface area contributed by atoms with E-state index in [0.29, 0.717) is 19.4 Å². The largest absolute Gasteiger partial charge is 0.450 e. The second-order valence-corrected chi connectivity index (χ2v) is 9.94. The van der Waals surface area contributed by atoms with Crippen molar-refractivity contribution in [1.82, 2.24) is 14.3 Å². The van der Waals surface area contributed by atoms with Gasteiger partial charge in [-0.3, -0.25) is 0 Å². The Hall–Kier alpha value is -1.69. The molecule has 0 bridgehead atoms. The van der Waals surface area contributed by atoms with E-state index in [0.717, 1.165) is 0 Å². The van der Waals surface area contributed by atoms with Crippen molar-refractivity contribution in [3.05, 3.63) is 30.3 Å². The first kappa shape index (κ1) is 21.6. The molecule has 0 saturated carbocycles. The van der Waals surface area contributed by atoms with Crippen LogP contribution in [0.4, 0.5) is 4.79 Å². The van der Waals surface area contributed by atoms with E-state index in [1.807, 2.05) is 0 Å². The number of nitrogens with zero attached hydrogens (tertiary/aromatic N) is 1. The van der Waals surface area contributed by atoms with Crippen LogP contribution >= 0.6 is 0 Å². The zero-order valence-corrected chi connectivity index (χ0v) is 16.8. The van der Waals surface area contributed by atoms with Gasteiger partial charge in [0, 0.05) is 25.7 Å². The molecule has 0 radical (unpaired) electrons. The maximum atomic E-state index is 12.5. The first-order chi connectivity index (χ1) is 12.7. The van der Waals surface area contributed by atoms with Gasteiger partial charge in [0.2, 0.25) is 20.0 Å². The van der Waals surface area contributed by atoms with Crippen molar-refractivity contribution >= 4 is 26.1 Å². The molecular weight excluding hydrogens is 394 g/mol. The number of piperidine rings is 1. The lowest BCUT2D eigenvalue weighted by Gasteiger charge is -2.32. The topological polar surface area (TPSA) is 122 Å². The molecule has 152 valence electrons. The monoisotopic (exact) mass is 419 g/mol. The molecule has 9 nitrogen and oxygen atoms in total. The molecule has 0 unspecified atom stereocenters. The zero-order valence-electron chi connectivity index (χ0n) is 15.1. The lowest BCUT2D eigenvalue weighted by molar-refractivity contribution is 0.142. The van der Waals surface area contributed by atoms with E-state index in [1.54, 1.807) is 25.1 Å². The van der Waals surface area contributed by atoms with Crippen LogP contribution < -0.4 is 10.0 Å². The van der Waals surface area contributed by atoms with Crippen LogP contribution in [0.1, 0.15) is 19.8 Å². The highest BCUT2D eigenvalue weighted by atomic mass is 32.2. The number of carbonyl (C=O) groups excluding carboxylic acids is 1. The van der Waals surface area contributed by atoms with Crippen LogP contribution in [0.2, 0.25) is 0 Å². The molecule has 1 aromatic rings. The Labute approximate surface area is 160 Å². The molecule has 11 heteroatoms. The Kier molecular flexibility index (Phi) is 7.59. The molecule has 0 spiro atoms. The van der Waals surface area contributed by atoms with Crippen molar-refractivity contribution in [2.45, 2.75) is 30.7 Å². The molecule has 1 saturated heterocycles. The minimum Gasteiger partial charge on any atom is -0.450 e. The first-order valence-corrected chi connectivity index (χ1v) is 11.8. The van der Waals surface area contributed by atoms with Crippen molar-refractivity contribution in [1.29, 1.82) is 0 Å². The Morgan fingerprint density at radius 2 is 1.93 bits per heavy atom. The van der Waals surface area contributed by atoms with Crippen LogP contribution in [-0.2, 0) is 24.8 Å². The molecule has 2 rings (SSSR count). The number of benzene rings is 1. The first-order valence-electron chi connectivity index (χ1n) is 8.70. The summed E-state index contributed by atoms with van der Waals surface area (Å²) < 4.78 is 57.7. The summed E-state index contributed by atoms with van der Waals surface area (Å²) in [5.74, 6) is -0.356. The number of hydrogen-bond donors (Lipinski definition) is 2. The third-order valence-corrected chi connectivity index (χ3v) is 7.40. The molecule has 1 amide bonds. The molecule has 1 heterocycles. The lowest BCUT2D eigenvalue weighted by Crippen LogP contribution is -2.50. The maximum absolute atomic E-state index is 12.5. The molecule has 1 aliphatic heterocycles. The van der Waals surface area contributed by atoms with Gasteiger partial charge in [0.1, 0.15) is 0 Å². The van der Waals surface area contributed by atoms with Crippen molar-refractivity contribution in [3.8, 4) is 0 Å². The SMILES string of the molecule is CCOC(=O)N[C@@H]1CCCN(S(=O)(=O)CCNS(=O)(=O)c2ccccc2)C1. The average molecular weight is 420 g/mol. The molecule has 1 fully saturated rings. The molecule has 1 aliphatic rings. The predicted octanol–water partition coefficient (Wildman–Crippen LogP) is 0.505.